The Morgan fingerprint density at radius 2 is 2.33 bits per heavy atom. The summed E-state index contributed by atoms with van der Waals surface area (Å²) in [6, 6.07) is 7.25. The lowest BCUT2D eigenvalue weighted by Gasteiger charge is -2.04. The molecule has 0 aliphatic heterocycles. The van der Waals surface area contributed by atoms with Gasteiger partial charge in [-0.05, 0) is 24.6 Å². The highest BCUT2D eigenvalue weighted by molar-refractivity contribution is 5.95. The van der Waals surface area contributed by atoms with Gasteiger partial charge in [-0.1, -0.05) is 12.0 Å². The third-order valence-corrected chi connectivity index (χ3v) is 2.47. The van der Waals surface area contributed by atoms with E-state index in [2.05, 4.69) is 11.2 Å². The minimum absolute atomic E-state index is 0.0170. The van der Waals surface area contributed by atoms with Crippen molar-refractivity contribution >= 4 is 11.6 Å². The Hall–Kier alpha value is -1.79. The summed E-state index contributed by atoms with van der Waals surface area (Å²) in [6.07, 6.45) is 6.04. The van der Waals surface area contributed by atoms with Gasteiger partial charge in [0.15, 0.2) is 0 Å². The molecule has 1 amide bonds. The van der Waals surface area contributed by atoms with Gasteiger partial charge in [0.2, 0.25) is 5.91 Å². The summed E-state index contributed by atoms with van der Waals surface area (Å²) in [6.45, 7) is 0. The summed E-state index contributed by atoms with van der Waals surface area (Å²) in [7, 11) is 0. The summed E-state index contributed by atoms with van der Waals surface area (Å²) in [5, 5.41) is 2.79. The van der Waals surface area contributed by atoms with Crippen molar-refractivity contribution in [2.24, 2.45) is 11.7 Å². The zero-order valence-electron chi connectivity index (χ0n) is 8.23. The average Bonchev–Trinajstić information content (AvgIpc) is 2.96. The second kappa shape index (κ2) is 3.76. The highest BCUT2D eigenvalue weighted by atomic mass is 16.2. The van der Waals surface area contributed by atoms with Gasteiger partial charge in [-0.15, -0.1) is 6.42 Å². The average molecular weight is 200 g/mol. The van der Waals surface area contributed by atoms with Crippen LogP contribution in [-0.4, -0.2) is 11.9 Å². The van der Waals surface area contributed by atoms with Crippen LogP contribution in [0.5, 0.6) is 0 Å². The quantitative estimate of drug-likeness (QED) is 0.698. The van der Waals surface area contributed by atoms with Crippen molar-refractivity contribution in [3.8, 4) is 12.3 Å². The number of terminal acetylenes is 1. The molecular weight excluding hydrogens is 188 g/mol. The molecule has 1 aromatic carbocycles. The Labute approximate surface area is 88.7 Å². The number of nitrogens with one attached hydrogen (secondary N) is 1. The molecule has 0 bridgehead atoms. The SMILES string of the molecule is C#Cc1cccc(NC(=O)C2CC2N)c1. The monoisotopic (exact) mass is 200 g/mol. The molecule has 1 saturated carbocycles. The molecule has 76 valence electrons. The third-order valence-electron chi connectivity index (χ3n) is 2.47. The highest BCUT2D eigenvalue weighted by Crippen LogP contribution is 2.29. The Balaban J connectivity index is 2.05. The lowest BCUT2D eigenvalue weighted by Crippen LogP contribution is -2.18. The first kappa shape index (κ1) is 9.75. The maximum absolute atomic E-state index is 11.5. The molecule has 3 nitrogen and oxygen atoms in total. The van der Waals surface area contributed by atoms with E-state index in [0.717, 1.165) is 17.7 Å². The number of nitrogens with two attached hydrogens (primary N) is 1. The highest BCUT2D eigenvalue weighted by Gasteiger charge is 2.39. The van der Waals surface area contributed by atoms with Crippen molar-refractivity contribution in [3.63, 3.8) is 0 Å². The molecule has 0 spiro atoms. The Morgan fingerprint density at radius 1 is 1.60 bits per heavy atom. The van der Waals surface area contributed by atoms with Crippen molar-refractivity contribution in [3.05, 3.63) is 29.8 Å². The number of amides is 1. The maximum Gasteiger partial charge on any atom is 0.229 e. The second-order valence-electron chi connectivity index (χ2n) is 3.72. The summed E-state index contributed by atoms with van der Waals surface area (Å²) >= 11 is 0. The number of carbonyl (C=O) groups excluding carboxylic acids is 1. The fraction of sp³-hybridized carbons (Fsp3) is 0.250. The number of hydrogen-bond acceptors (Lipinski definition) is 2. The first-order valence-electron chi connectivity index (χ1n) is 4.84. The topological polar surface area (TPSA) is 55.1 Å². The minimum atomic E-state index is -0.0282. The Bertz CT molecular complexity index is 433. The van der Waals surface area contributed by atoms with Crippen LogP contribution in [0.25, 0.3) is 0 Å². The van der Waals surface area contributed by atoms with E-state index in [0.29, 0.717) is 0 Å². The van der Waals surface area contributed by atoms with E-state index in [1.807, 2.05) is 18.2 Å². The molecular formula is C12H12N2O. The summed E-state index contributed by atoms with van der Waals surface area (Å²) in [4.78, 5) is 11.5. The molecule has 0 radical (unpaired) electrons. The van der Waals surface area contributed by atoms with E-state index in [4.69, 9.17) is 12.2 Å². The summed E-state index contributed by atoms with van der Waals surface area (Å²) in [5.74, 6) is 2.47. The maximum atomic E-state index is 11.5. The standard InChI is InChI=1S/C12H12N2O/c1-2-8-4-3-5-9(6-8)14-12(15)10-7-11(10)13/h1,3-6,10-11H,7,13H2,(H,14,15). The zero-order chi connectivity index (χ0) is 10.8. The normalized spacial score (nSPS) is 22.9. The Kier molecular flexibility index (Phi) is 2.44. The molecule has 15 heavy (non-hydrogen) atoms. The van der Waals surface area contributed by atoms with E-state index in [1.165, 1.54) is 0 Å². The largest absolute Gasteiger partial charge is 0.327 e. The lowest BCUT2D eigenvalue weighted by atomic mass is 10.2. The molecule has 2 unspecified atom stereocenters. The van der Waals surface area contributed by atoms with E-state index in [1.54, 1.807) is 6.07 Å². The predicted molar refractivity (Wildman–Crippen MR) is 59.1 cm³/mol. The van der Waals surface area contributed by atoms with Crippen molar-refractivity contribution in [2.45, 2.75) is 12.5 Å². The smallest absolute Gasteiger partial charge is 0.229 e. The van der Waals surface area contributed by atoms with Gasteiger partial charge in [0, 0.05) is 17.3 Å². The minimum Gasteiger partial charge on any atom is -0.327 e. The first-order valence-corrected chi connectivity index (χ1v) is 4.84. The van der Waals surface area contributed by atoms with Gasteiger partial charge in [-0.2, -0.15) is 0 Å². The van der Waals surface area contributed by atoms with Crippen molar-refractivity contribution < 1.29 is 4.79 Å². The molecule has 3 N–H and O–H groups in total. The van der Waals surface area contributed by atoms with Gasteiger partial charge in [0.25, 0.3) is 0 Å². The molecule has 0 saturated heterocycles. The fourth-order valence-electron chi connectivity index (χ4n) is 1.44. The van der Waals surface area contributed by atoms with Crippen molar-refractivity contribution in [1.82, 2.24) is 0 Å². The van der Waals surface area contributed by atoms with Crippen LogP contribution in [0.2, 0.25) is 0 Å². The molecule has 1 fully saturated rings. The van der Waals surface area contributed by atoms with E-state index >= 15 is 0 Å². The van der Waals surface area contributed by atoms with Crippen LogP contribution in [-0.2, 0) is 4.79 Å². The summed E-state index contributed by atoms with van der Waals surface area (Å²) in [5.41, 5.74) is 7.07. The zero-order valence-corrected chi connectivity index (χ0v) is 8.23. The molecule has 1 aliphatic carbocycles. The van der Waals surface area contributed by atoms with Crippen LogP contribution >= 0.6 is 0 Å². The Morgan fingerprint density at radius 3 is 2.93 bits per heavy atom. The van der Waals surface area contributed by atoms with Crippen LogP contribution in [0.4, 0.5) is 5.69 Å². The predicted octanol–water partition coefficient (Wildman–Crippen LogP) is 0.954. The van der Waals surface area contributed by atoms with Crippen molar-refractivity contribution in [1.29, 1.82) is 0 Å². The molecule has 1 aromatic rings. The lowest BCUT2D eigenvalue weighted by molar-refractivity contribution is -0.117. The van der Waals surface area contributed by atoms with Gasteiger partial charge in [-0.25, -0.2) is 0 Å². The number of rotatable bonds is 2. The van der Waals surface area contributed by atoms with Gasteiger partial charge >= 0.3 is 0 Å². The number of carbonyl (C=O) groups is 1. The van der Waals surface area contributed by atoms with E-state index in [9.17, 15) is 4.79 Å². The van der Waals surface area contributed by atoms with Gasteiger partial charge in [0.1, 0.15) is 0 Å². The molecule has 2 rings (SSSR count). The van der Waals surface area contributed by atoms with Gasteiger partial charge < -0.3 is 11.1 Å². The van der Waals surface area contributed by atoms with E-state index < -0.39 is 0 Å². The van der Waals surface area contributed by atoms with Crippen LogP contribution in [0.15, 0.2) is 24.3 Å². The summed E-state index contributed by atoms with van der Waals surface area (Å²) < 4.78 is 0. The van der Waals surface area contributed by atoms with Gasteiger partial charge in [0.05, 0.1) is 5.92 Å². The number of anilines is 1. The third kappa shape index (κ3) is 2.17. The van der Waals surface area contributed by atoms with Gasteiger partial charge in [-0.3, -0.25) is 4.79 Å². The van der Waals surface area contributed by atoms with E-state index in [-0.39, 0.29) is 17.9 Å². The van der Waals surface area contributed by atoms with Crippen LogP contribution in [0.1, 0.15) is 12.0 Å². The second-order valence-corrected chi connectivity index (χ2v) is 3.72. The molecule has 1 aliphatic rings. The van der Waals surface area contributed by atoms with Crippen LogP contribution in [0.3, 0.4) is 0 Å². The molecule has 3 heteroatoms. The number of hydrogen-bond donors (Lipinski definition) is 2. The molecule has 2 atom stereocenters. The van der Waals surface area contributed by atoms with Crippen LogP contribution in [0, 0.1) is 18.3 Å². The van der Waals surface area contributed by atoms with Crippen molar-refractivity contribution in [2.75, 3.05) is 5.32 Å². The first-order chi connectivity index (χ1) is 7.20. The van der Waals surface area contributed by atoms with Crippen LogP contribution < -0.4 is 11.1 Å². The number of benzene rings is 1. The fourth-order valence-corrected chi connectivity index (χ4v) is 1.44. The molecule has 0 aromatic heterocycles. The molecule has 0 heterocycles.